The number of anilines is 1. The number of nitrogens with zero attached hydrogens (tertiary/aromatic N) is 2. The number of aryl methyl sites for hydroxylation is 1. The van der Waals surface area contributed by atoms with Crippen LogP contribution < -0.4 is 5.32 Å². The molecular weight excluding hydrogens is 262 g/mol. The van der Waals surface area contributed by atoms with Gasteiger partial charge < -0.3 is 5.21 Å². The van der Waals surface area contributed by atoms with Gasteiger partial charge in [-0.25, -0.2) is 4.98 Å². The van der Waals surface area contributed by atoms with Crippen LogP contribution in [0.3, 0.4) is 0 Å². The monoisotopic (exact) mass is 275 g/mol. The third-order valence-corrected chi connectivity index (χ3v) is 3.32. The summed E-state index contributed by atoms with van der Waals surface area (Å²) in [5.74, 6) is -0.209. The Kier molecular flexibility index (Phi) is 3.91. The Bertz CT molecular complexity index is 617. The Morgan fingerprint density at radius 1 is 1.37 bits per heavy atom. The van der Waals surface area contributed by atoms with Gasteiger partial charge in [0.15, 0.2) is 5.13 Å². The summed E-state index contributed by atoms with van der Waals surface area (Å²) in [6.07, 6.45) is 0. The minimum atomic E-state index is -0.209. The van der Waals surface area contributed by atoms with Crippen LogP contribution in [-0.4, -0.2) is 21.8 Å². The summed E-state index contributed by atoms with van der Waals surface area (Å²) in [5.41, 5.74) is 2.64. The van der Waals surface area contributed by atoms with Gasteiger partial charge in [-0.1, -0.05) is 22.9 Å². The van der Waals surface area contributed by atoms with Crippen molar-refractivity contribution >= 4 is 28.1 Å². The molecule has 2 N–H and O–H groups in total. The highest BCUT2D eigenvalue weighted by atomic mass is 32.1. The van der Waals surface area contributed by atoms with Crippen molar-refractivity contribution in [2.45, 2.75) is 13.8 Å². The minimum absolute atomic E-state index is 0.209. The van der Waals surface area contributed by atoms with Gasteiger partial charge in [0.2, 0.25) is 0 Å². The number of carbonyl (C=O) groups is 1. The van der Waals surface area contributed by atoms with Crippen LogP contribution in [-0.2, 0) is 0 Å². The number of amides is 1. The Balaban J connectivity index is 2.11. The van der Waals surface area contributed by atoms with Crippen molar-refractivity contribution in [1.29, 1.82) is 0 Å². The van der Waals surface area contributed by atoms with E-state index < -0.39 is 0 Å². The number of hydrogen-bond acceptors (Lipinski definition) is 5. The summed E-state index contributed by atoms with van der Waals surface area (Å²) in [5, 5.41) is 16.6. The van der Waals surface area contributed by atoms with Gasteiger partial charge in [-0.3, -0.25) is 10.1 Å². The van der Waals surface area contributed by atoms with Crippen LogP contribution in [0.5, 0.6) is 0 Å². The van der Waals surface area contributed by atoms with E-state index in [9.17, 15) is 4.79 Å². The molecule has 19 heavy (non-hydrogen) atoms. The summed E-state index contributed by atoms with van der Waals surface area (Å²) in [6, 6.07) is 7.29. The Morgan fingerprint density at radius 2 is 2.05 bits per heavy atom. The molecule has 5 nitrogen and oxygen atoms in total. The van der Waals surface area contributed by atoms with Gasteiger partial charge in [-0.15, -0.1) is 11.3 Å². The first kappa shape index (κ1) is 13.2. The van der Waals surface area contributed by atoms with Crippen molar-refractivity contribution < 1.29 is 10.0 Å². The first-order valence-corrected chi connectivity index (χ1v) is 6.50. The lowest BCUT2D eigenvalue weighted by atomic mass is 10.1. The molecule has 1 aromatic carbocycles. The van der Waals surface area contributed by atoms with E-state index in [-0.39, 0.29) is 5.91 Å². The zero-order chi connectivity index (χ0) is 13.8. The molecule has 1 heterocycles. The van der Waals surface area contributed by atoms with E-state index in [0.717, 1.165) is 5.56 Å². The first-order chi connectivity index (χ1) is 9.10. The summed E-state index contributed by atoms with van der Waals surface area (Å²) in [6.45, 7) is 3.60. The number of hydrogen-bond donors (Lipinski definition) is 2. The first-order valence-electron chi connectivity index (χ1n) is 5.62. The van der Waals surface area contributed by atoms with E-state index in [1.165, 1.54) is 11.3 Å². The van der Waals surface area contributed by atoms with Gasteiger partial charge in [0.05, 0.1) is 0 Å². The maximum atomic E-state index is 11.9. The van der Waals surface area contributed by atoms with Crippen LogP contribution in [0, 0.1) is 6.92 Å². The molecule has 0 aliphatic carbocycles. The third kappa shape index (κ3) is 3.17. The average molecular weight is 275 g/mol. The van der Waals surface area contributed by atoms with E-state index >= 15 is 0 Å². The molecule has 0 aliphatic rings. The van der Waals surface area contributed by atoms with Crippen molar-refractivity contribution in [1.82, 2.24) is 4.98 Å². The lowest BCUT2D eigenvalue weighted by Gasteiger charge is -2.01. The second-order valence-electron chi connectivity index (χ2n) is 4.04. The molecule has 98 valence electrons. The number of rotatable bonds is 3. The van der Waals surface area contributed by atoms with E-state index in [2.05, 4.69) is 15.5 Å². The van der Waals surface area contributed by atoms with Gasteiger partial charge in [0, 0.05) is 10.9 Å². The quantitative estimate of drug-likeness (QED) is 0.514. The highest BCUT2D eigenvalue weighted by molar-refractivity contribution is 7.14. The van der Waals surface area contributed by atoms with Crippen LogP contribution >= 0.6 is 11.3 Å². The minimum Gasteiger partial charge on any atom is -0.411 e. The summed E-state index contributed by atoms with van der Waals surface area (Å²) < 4.78 is 0. The average Bonchev–Trinajstić information content (AvgIpc) is 2.87. The molecule has 6 heteroatoms. The summed E-state index contributed by atoms with van der Waals surface area (Å²) in [4.78, 5) is 16.1. The molecule has 0 saturated carbocycles. The molecular formula is C13H13N3O2S. The van der Waals surface area contributed by atoms with Crippen molar-refractivity contribution in [2.24, 2.45) is 5.16 Å². The molecule has 0 spiro atoms. The lowest BCUT2D eigenvalue weighted by molar-refractivity contribution is 0.102. The zero-order valence-corrected chi connectivity index (χ0v) is 11.4. The van der Waals surface area contributed by atoms with Crippen LogP contribution in [0.2, 0.25) is 0 Å². The van der Waals surface area contributed by atoms with Gasteiger partial charge >= 0.3 is 0 Å². The fraction of sp³-hybridized carbons (Fsp3) is 0.154. The van der Waals surface area contributed by atoms with E-state index in [1.807, 2.05) is 19.1 Å². The highest BCUT2D eigenvalue weighted by Crippen LogP contribution is 2.17. The molecule has 2 rings (SSSR count). The number of carbonyl (C=O) groups excluding carboxylic acids is 1. The van der Waals surface area contributed by atoms with E-state index in [4.69, 9.17) is 5.21 Å². The van der Waals surface area contributed by atoms with Crippen molar-refractivity contribution in [3.8, 4) is 0 Å². The van der Waals surface area contributed by atoms with E-state index in [0.29, 0.717) is 22.1 Å². The number of thiazole rings is 1. The van der Waals surface area contributed by atoms with Crippen molar-refractivity contribution in [2.75, 3.05) is 5.32 Å². The molecule has 0 aliphatic heterocycles. The smallest absolute Gasteiger partial charge is 0.257 e. The second kappa shape index (κ2) is 5.62. The number of nitrogens with one attached hydrogen (secondary N) is 1. The van der Waals surface area contributed by atoms with Gasteiger partial charge in [-0.2, -0.15) is 0 Å². The van der Waals surface area contributed by atoms with Gasteiger partial charge in [-0.05, 0) is 26.0 Å². The summed E-state index contributed by atoms with van der Waals surface area (Å²) >= 11 is 1.28. The summed E-state index contributed by atoms with van der Waals surface area (Å²) in [7, 11) is 0. The molecule has 0 saturated heterocycles. The maximum Gasteiger partial charge on any atom is 0.257 e. The molecule has 1 aromatic heterocycles. The van der Waals surface area contributed by atoms with Crippen molar-refractivity contribution in [3.05, 3.63) is 46.5 Å². The Hall–Kier alpha value is -2.21. The van der Waals surface area contributed by atoms with Crippen LogP contribution in [0.4, 0.5) is 5.13 Å². The Morgan fingerprint density at radius 3 is 2.68 bits per heavy atom. The van der Waals surface area contributed by atoms with Gasteiger partial charge in [0.1, 0.15) is 11.4 Å². The van der Waals surface area contributed by atoms with Crippen LogP contribution in [0.1, 0.15) is 28.5 Å². The van der Waals surface area contributed by atoms with Crippen LogP contribution in [0.15, 0.2) is 34.8 Å². The lowest BCUT2D eigenvalue weighted by Crippen LogP contribution is -2.11. The predicted octanol–water partition coefficient (Wildman–Crippen LogP) is 2.90. The predicted molar refractivity (Wildman–Crippen MR) is 75.2 cm³/mol. The van der Waals surface area contributed by atoms with E-state index in [1.54, 1.807) is 24.4 Å². The molecule has 2 aromatic rings. The molecule has 0 fully saturated rings. The molecule has 0 atom stereocenters. The highest BCUT2D eigenvalue weighted by Gasteiger charge is 2.10. The standard InChI is InChI=1S/C13H13N3O2S/c1-8-3-5-10(6-4-8)12(17)15-13-14-11(7-19-13)9(2)16-18/h3-7,18H,1-2H3,(H,14,15,17). The molecule has 0 radical (unpaired) electrons. The fourth-order valence-electron chi connectivity index (χ4n) is 1.42. The molecule has 0 unspecified atom stereocenters. The molecule has 0 bridgehead atoms. The SMILES string of the molecule is CC(=NO)c1csc(NC(=O)c2ccc(C)cc2)n1. The normalized spacial score (nSPS) is 11.4. The van der Waals surface area contributed by atoms with Crippen molar-refractivity contribution in [3.63, 3.8) is 0 Å². The fourth-order valence-corrected chi connectivity index (χ4v) is 2.17. The third-order valence-electron chi connectivity index (χ3n) is 2.56. The number of aromatic nitrogens is 1. The maximum absolute atomic E-state index is 11.9. The topological polar surface area (TPSA) is 74.6 Å². The number of benzene rings is 1. The molecule has 1 amide bonds. The van der Waals surface area contributed by atoms with Gasteiger partial charge in [0.25, 0.3) is 5.91 Å². The zero-order valence-electron chi connectivity index (χ0n) is 10.5. The number of oxime groups is 1. The van der Waals surface area contributed by atoms with Crippen LogP contribution in [0.25, 0.3) is 0 Å². The Labute approximate surface area is 114 Å². The second-order valence-corrected chi connectivity index (χ2v) is 4.90. The largest absolute Gasteiger partial charge is 0.411 e.